The van der Waals surface area contributed by atoms with Gasteiger partial charge in [0.15, 0.2) is 0 Å². The van der Waals surface area contributed by atoms with Crippen LogP contribution in [-0.4, -0.2) is 57.6 Å². The molecule has 0 amide bonds. The number of aliphatic carboxylic acids is 2. The second-order valence-electron chi connectivity index (χ2n) is 4.48. The van der Waals surface area contributed by atoms with Gasteiger partial charge in [-0.1, -0.05) is 22.0 Å². The van der Waals surface area contributed by atoms with Crippen LogP contribution in [0.4, 0.5) is 0 Å². The molecule has 0 bridgehead atoms. The van der Waals surface area contributed by atoms with E-state index in [0.717, 1.165) is 0 Å². The highest BCUT2D eigenvalue weighted by Gasteiger charge is 2.24. The molecular weight excluding hydrogens is 404 g/mol. The summed E-state index contributed by atoms with van der Waals surface area (Å²) in [7, 11) is -10.0. The van der Waals surface area contributed by atoms with E-state index in [9.17, 15) is 26.4 Å². The van der Waals surface area contributed by atoms with Crippen LogP contribution in [0.3, 0.4) is 0 Å². The fourth-order valence-corrected chi connectivity index (χ4v) is 2.19. The number of hydrogen-bond donors (Lipinski definition) is 4. The lowest BCUT2D eigenvalue weighted by Gasteiger charge is -2.12. The van der Waals surface area contributed by atoms with Gasteiger partial charge in [-0.3, -0.25) is 18.7 Å². The third kappa shape index (κ3) is 10.7. The van der Waals surface area contributed by atoms with E-state index in [1.807, 2.05) is 6.92 Å². The zero-order chi connectivity index (χ0) is 20.5. The third-order valence-corrected chi connectivity index (χ3v) is 3.01. The molecule has 1 aromatic heterocycles. The molecule has 0 saturated carbocycles. The summed E-state index contributed by atoms with van der Waals surface area (Å²) in [6.45, 7) is 1.61. The standard InChI is InChI=1S/C10H14N2O4.H2O8S2/c1-2-3-7(10(15)16)9-11-4-5-12(9)6-8(13)14;1-9(2,3)7-8-10(4,5)6/h4-5,7H,2-3,6H2,1H3,(H,13,14)(H,15,16);(H,1,2,3)(H,4,5,6). The smallest absolute Gasteiger partial charge is 0.425 e. The zero-order valence-corrected chi connectivity index (χ0v) is 14.8. The number of carboxylic acids is 2. The largest absolute Gasteiger partial charge is 0.481 e. The second-order valence-corrected chi connectivity index (χ2v) is 6.46. The van der Waals surface area contributed by atoms with Crippen molar-refractivity contribution in [3.63, 3.8) is 0 Å². The van der Waals surface area contributed by atoms with Gasteiger partial charge in [-0.2, -0.15) is 16.8 Å². The maximum atomic E-state index is 11.0. The lowest BCUT2D eigenvalue weighted by atomic mass is 10.0. The molecule has 0 radical (unpaired) electrons. The average Bonchev–Trinajstić information content (AvgIpc) is 2.88. The van der Waals surface area contributed by atoms with Gasteiger partial charge in [0, 0.05) is 12.4 Å². The maximum absolute atomic E-state index is 11.0. The Morgan fingerprint density at radius 2 is 1.65 bits per heavy atom. The van der Waals surface area contributed by atoms with Gasteiger partial charge >= 0.3 is 32.7 Å². The SMILES string of the molecule is CCCC(C(=O)O)c1nccn1CC(=O)O.O=S(=O)(O)OOS(=O)(=O)O. The zero-order valence-electron chi connectivity index (χ0n) is 13.1. The van der Waals surface area contributed by atoms with Gasteiger partial charge in [0.25, 0.3) is 0 Å². The summed E-state index contributed by atoms with van der Waals surface area (Å²) in [5, 5.41) is 17.7. The predicted octanol–water partition coefficient (Wildman–Crippen LogP) is -0.524. The minimum Gasteiger partial charge on any atom is -0.481 e. The van der Waals surface area contributed by atoms with Crippen molar-refractivity contribution in [2.24, 2.45) is 0 Å². The molecule has 16 heteroatoms. The van der Waals surface area contributed by atoms with Crippen LogP contribution in [0.1, 0.15) is 31.5 Å². The van der Waals surface area contributed by atoms with E-state index in [0.29, 0.717) is 18.7 Å². The number of nitrogens with zero attached hydrogens (tertiary/aromatic N) is 2. The molecule has 1 aromatic rings. The summed E-state index contributed by atoms with van der Waals surface area (Å²) in [5.41, 5.74) is 0. The minimum absolute atomic E-state index is 0.261. The van der Waals surface area contributed by atoms with Crippen LogP contribution in [0.2, 0.25) is 0 Å². The van der Waals surface area contributed by atoms with E-state index in [2.05, 4.69) is 13.7 Å². The molecule has 1 unspecified atom stereocenters. The van der Waals surface area contributed by atoms with E-state index in [4.69, 9.17) is 19.3 Å². The lowest BCUT2D eigenvalue weighted by Crippen LogP contribution is -2.19. The Labute approximate surface area is 147 Å². The van der Waals surface area contributed by atoms with Gasteiger partial charge in [-0.25, -0.2) is 4.98 Å². The topological polar surface area (TPSA) is 220 Å². The molecular formula is C10H16N2O12S2. The van der Waals surface area contributed by atoms with Crippen LogP contribution in [0.25, 0.3) is 0 Å². The monoisotopic (exact) mass is 420 g/mol. The van der Waals surface area contributed by atoms with E-state index in [1.54, 1.807) is 0 Å². The molecule has 1 atom stereocenters. The minimum atomic E-state index is -5.02. The molecule has 150 valence electrons. The molecule has 4 N–H and O–H groups in total. The Balaban J connectivity index is 0.000000541. The molecule has 0 saturated heterocycles. The molecule has 0 spiro atoms. The average molecular weight is 420 g/mol. The molecule has 0 fully saturated rings. The van der Waals surface area contributed by atoms with Crippen LogP contribution in [0.5, 0.6) is 0 Å². The first-order valence-corrected chi connectivity index (χ1v) is 9.28. The predicted molar refractivity (Wildman–Crippen MR) is 80.4 cm³/mol. The number of rotatable bonds is 9. The molecule has 0 aliphatic rings. The first-order valence-electron chi connectivity index (χ1n) is 6.55. The Morgan fingerprint density at radius 3 is 2.00 bits per heavy atom. The van der Waals surface area contributed by atoms with Crippen LogP contribution >= 0.6 is 0 Å². The van der Waals surface area contributed by atoms with Crippen molar-refractivity contribution in [2.75, 3.05) is 0 Å². The molecule has 0 aliphatic carbocycles. The van der Waals surface area contributed by atoms with E-state index >= 15 is 0 Å². The van der Waals surface area contributed by atoms with E-state index in [-0.39, 0.29) is 6.54 Å². The highest BCUT2D eigenvalue weighted by Crippen LogP contribution is 2.20. The summed E-state index contributed by atoms with van der Waals surface area (Å²) in [6.07, 6.45) is 4.06. The van der Waals surface area contributed by atoms with Crippen molar-refractivity contribution in [3.05, 3.63) is 18.2 Å². The number of aromatic nitrogens is 2. The summed E-state index contributed by atoms with van der Waals surface area (Å²) in [5.74, 6) is -2.42. The molecule has 0 aromatic carbocycles. The van der Waals surface area contributed by atoms with Crippen molar-refractivity contribution >= 4 is 32.7 Å². The normalized spacial score (nSPS) is 12.7. The number of carbonyl (C=O) groups is 2. The molecule has 1 heterocycles. The van der Waals surface area contributed by atoms with Gasteiger partial charge in [0.05, 0.1) is 0 Å². The Kier molecular flexibility index (Phi) is 9.32. The first kappa shape index (κ1) is 23.9. The quantitative estimate of drug-likeness (QED) is 0.224. The van der Waals surface area contributed by atoms with Crippen molar-refractivity contribution in [1.29, 1.82) is 0 Å². The third-order valence-electron chi connectivity index (χ3n) is 2.44. The number of imidazole rings is 1. The second kappa shape index (κ2) is 10.1. The highest BCUT2D eigenvalue weighted by atomic mass is 32.3. The van der Waals surface area contributed by atoms with Gasteiger partial charge in [-0.15, -0.1) is 0 Å². The van der Waals surface area contributed by atoms with Crippen LogP contribution in [-0.2, 0) is 45.6 Å². The van der Waals surface area contributed by atoms with Gasteiger partial charge < -0.3 is 14.8 Å². The number of carboxylic acid groups (broad SMARTS) is 2. The van der Waals surface area contributed by atoms with Crippen molar-refractivity contribution in [2.45, 2.75) is 32.2 Å². The van der Waals surface area contributed by atoms with E-state index in [1.165, 1.54) is 17.0 Å². The Morgan fingerprint density at radius 1 is 1.15 bits per heavy atom. The molecule has 26 heavy (non-hydrogen) atoms. The molecule has 14 nitrogen and oxygen atoms in total. The first-order chi connectivity index (χ1) is 11.8. The van der Waals surface area contributed by atoms with Gasteiger partial charge in [0.2, 0.25) is 0 Å². The lowest BCUT2D eigenvalue weighted by molar-refractivity contribution is -0.140. The fraction of sp³-hybridized carbons (Fsp3) is 0.500. The number of hydrogen-bond acceptors (Lipinski definition) is 9. The maximum Gasteiger partial charge on any atom is 0.425 e. The van der Waals surface area contributed by atoms with E-state index < -0.39 is 38.7 Å². The molecule has 1 rings (SSSR count). The van der Waals surface area contributed by atoms with Crippen LogP contribution in [0.15, 0.2) is 12.4 Å². The summed E-state index contributed by atoms with van der Waals surface area (Å²) < 4.78 is 60.2. The van der Waals surface area contributed by atoms with Crippen LogP contribution < -0.4 is 0 Å². The fourth-order valence-electron chi connectivity index (χ4n) is 1.63. The van der Waals surface area contributed by atoms with Gasteiger partial charge in [-0.05, 0) is 6.42 Å². The summed E-state index contributed by atoms with van der Waals surface area (Å²) >= 11 is 0. The Hall–Kier alpha value is -2.11. The summed E-state index contributed by atoms with van der Waals surface area (Å²) in [4.78, 5) is 25.5. The summed E-state index contributed by atoms with van der Waals surface area (Å²) in [6, 6.07) is 0. The van der Waals surface area contributed by atoms with Crippen molar-refractivity contribution < 1.29 is 54.4 Å². The highest BCUT2D eigenvalue weighted by molar-refractivity contribution is 7.83. The van der Waals surface area contributed by atoms with Crippen molar-refractivity contribution in [3.8, 4) is 0 Å². The Bertz CT molecular complexity index is 781. The molecule has 0 aliphatic heterocycles. The van der Waals surface area contributed by atoms with Crippen LogP contribution in [0, 0.1) is 0 Å². The van der Waals surface area contributed by atoms with Crippen molar-refractivity contribution in [1.82, 2.24) is 9.55 Å². The van der Waals surface area contributed by atoms with Gasteiger partial charge in [0.1, 0.15) is 18.3 Å².